The molecule has 1 aromatic rings. The highest BCUT2D eigenvalue weighted by atomic mass is 19.4. The van der Waals surface area contributed by atoms with Crippen LogP contribution in [-0.2, 0) is 0 Å². The van der Waals surface area contributed by atoms with Crippen LogP contribution in [0.4, 0.5) is 22.4 Å². The van der Waals surface area contributed by atoms with E-state index in [1.54, 1.807) is 0 Å². The summed E-state index contributed by atoms with van der Waals surface area (Å²) < 4.78 is 58.3. The molecule has 21 heavy (non-hydrogen) atoms. The average molecular weight is 309 g/mol. The van der Waals surface area contributed by atoms with Gasteiger partial charge in [0.1, 0.15) is 11.9 Å². The number of amides is 1. The standard InChI is InChI=1S/C12H11F4NO4/c13-9-2-1-7(5-10(9)21-12(14,15)16)20-8-3-6(4-8)17-11(18)19/h1-2,5-6,8,17H,3-4H2,(H,18,19)/t6-,8-. The Morgan fingerprint density at radius 1 is 1.33 bits per heavy atom. The molecule has 1 fully saturated rings. The first-order valence-electron chi connectivity index (χ1n) is 5.94. The number of benzene rings is 1. The van der Waals surface area contributed by atoms with E-state index in [9.17, 15) is 22.4 Å². The zero-order chi connectivity index (χ0) is 15.6. The van der Waals surface area contributed by atoms with Gasteiger partial charge in [-0.25, -0.2) is 9.18 Å². The van der Waals surface area contributed by atoms with Crippen LogP contribution < -0.4 is 14.8 Å². The number of nitrogens with one attached hydrogen (secondary N) is 1. The van der Waals surface area contributed by atoms with E-state index >= 15 is 0 Å². The van der Waals surface area contributed by atoms with Gasteiger partial charge in [-0.05, 0) is 12.1 Å². The minimum atomic E-state index is -4.99. The molecule has 0 saturated heterocycles. The Hall–Kier alpha value is -2.19. The van der Waals surface area contributed by atoms with Crippen LogP contribution in [0, 0.1) is 5.82 Å². The molecule has 0 radical (unpaired) electrons. The van der Waals surface area contributed by atoms with Gasteiger partial charge in [0, 0.05) is 24.9 Å². The monoisotopic (exact) mass is 309 g/mol. The summed E-state index contributed by atoms with van der Waals surface area (Å²) in [6.07, 6.45) is -5.71. The number of hydrogen-bond acceptors (Lipinski definition) is 3. The van der Waals surface area contributed by atoms with Crippen molar-refractivity contribution in [2.45, 2.75) is 31.3 Å². The molecule has 1 aliphatic rings. The lowest BCUT2D eigenvalue weighted by molar-refractivity contribution is -0.275. The molecule has 1 aromatic carbocycles. The van der Waals surface area contributed by atoms with Gasteiger partial charge in [-0.3, -0.25) is 0 Å². The van der Waals surface area contributed by atoms with E-state index in [4.69, 9.17) is 9.84 Å². The Morgan fingerprint density at radius 3 is 2.57 bits per heavy atom. The third-order valence-electron chi connectivity index (χ3n) is 2.85. The molecule has 2 N–H and O–H groups in total. The lowest BCUT2D eigenvalue weighted by Gasteiger charge is -2.35. The second-order valence-electron chi connectivity index (χ2n) is 4.50. The molecule has 0 spiro atoms. The molecule has 0 atom stereocenters. The van der Waals surface area contributed by atoms with Crippen molar-refractivity contribution in [3.63, 3.8) is 0 Å². The molecule has 116 valence electrons. The summed E-state index contributed by atoms with van der Waals surface area (Å²) in [7, 11) is 0. The molecule has 0 unspecified atom stereocenters. The van der Waals surface area contributed by atoms with Gasteiger partial charge in [-0.15, -0.1) is 13.2 Å². The highest BCUT2D eigenvalue weighted by molar-refractivity contribution is 5.65. The summed E-state index contributed by atoms with van der Waals surface area (Å²) in [5.41, 5.74) is 0. The summed E-state index contributed by atoms with van der Waals surface area (Å²) >= 11 is 0. The van der Waals surface area contributed by atoms with Gasteiger partial charge in [-0.2, -0.15) is 0 Å². The molecule has 0 bridgehead atoms. The lowest BCUT2D eigenvalue weighted by atomic mass is 9.89. The normalized spacial score (nSPS) is 21.3. The van der Waals surface area contributed by atoms with E-state index in [1.165, 1.54) is 6.07 Å². The Bertz CT molecular complexity index is 528. The first-order valence-corrected chi connectivity index (χ1v) is 5.94. The third kappa shape index (κ3) is 4.40. The third-order valence-corrected chi connectivity index (χ3v) is 2.85. The maximum absolute atomic E-state index is 13.2. The lowest BCUT2D eigenvalue weighted by Crippen LogP contribution is -2.48. The minimum absolute atomic E-state index is 0.0226. The first-order chi connectivity index (χ1) is 9.73. The van der Waals surface area contributed by atoms with Crippen LogP contribution >= 0.6 is 0 Å². The Morgan fingerprint density at radius 2 is 2.00 bits per heavy atom. The number of alkyl halides is 3. The molecular weight excluding hydrogens is 298 g/mol. The van der Waals surface area contributed by atoms with E-state index in [0.29, 0.717) is 12.8 Å². The molecule has 0 heterocycles. The van der Waals surface area contributed by atoms with Crippen molar-refractivity contribution < 1.29 is 36.9 Å². The Kier molecular flexibility index (Phi) is 4.10. The van der Waals surface area contributed by atoms with Crippen molar-refractivity contribution >= 4 is 6.09 Å². The SMILES string of the molecule is O=C(O)N[C@H]1C[C@H](Oc2ccc(F)c(OC(F)(F)F)c2)C1. The van der Waals surface area contributed by atoms with Gasteiger partial charge in [-0.1, -0.05) is 0 Å². The van der Waals surface area contributed by atoms with Crippen molar-refractivity contribution in [2.24, 2.45) is 0 Å². The topological polar surface area (TPSA) is 67.8 Å². The fourth-order valence-electron chi connectivity index (χ4n) is 1.91. The molecule has 2 rings (SSSR count). The molecule has 9 heteroatoms. The molecule has 1 aliphatic carbocycles. The number of hydrogen-bond donors (Lipinski definition) is 2. The van der Waals surface area contributed by atoms with Crippen LogP contribution in [0.2, 0.25) is 0 Å². The van der Waals surface area contributed by atoms with Gasteiger partial charge in [0.05, 0.1) is 0 Å². The molecule has 1 amide bonds. The zero-order valence-corrected chi connectivity index (χ0v) is 10.5. The van der Waals surface area contributed by atoms with E-state index in [-0.39, 0.29) is 17.9 Å². The van der Waals surface area contributed by atoms with Crippen molar-refractivity contribution in [3.8, 4) is 11.5 Å². The van der Waals surface area contributed by atoms with Crippen molar-refractivity contribution in [2.75, 3.05) is 0 Å². The summed E-state index contributed by atoms with van der Waals surface area (Å²) in [5, 5.41) is 10.7. The van der Waals surface area contributed by atoms with E-state index < -0.39 is 24.0 Å². The second kappa shape index (κ2) is 5.66. The minimum Gasteiger partial charge on any atom is -0.490 e. The maximum Gasteiger partial charge on any atom is 0.573 e. The fourth-order valence-corrected chi connectivity index (χ4v) is 1.91. The average Bonchev–Trinajstić information content (AvgIpc) is 2.28. The van der Waals surface area contributed by atoms with Crippen LogP contribution in [0.3, 0.4) is 0 Å². The Balaban J connectivity index is 1.93. The van der Waals surface area contributed by atoms with Crippen molar-refractivity contribution in [1.82, 2.24) is 5.32 Å². The Labute approximate surface area is 116 Å². The number of halogens is 4. The number of ether oxygens (including phenoxy) is 2. The molecular formula is C12H11F4NO4. The van der Waals surface area contributed by atoms with Gasteiger partial charge < -0.3 is 19.9 Å². The number of carbonyl (C=O) groups is 1. The molecule has 0 aliphatic heterocycles. The van der Waals surface area contributed by atoms with E-state index in [0.717, 1.165) is 12.1 Å². The van der Waals surface area contributed by atoms with E-state index in [2.05, 4.69) is 10.1 Å². The largest absolute Gasteiger partial charge is 0.573 e. The maximum atomic E-state index is 13.2. The summed E-state index contributed by atoms with van der Waals surface area (Å²) in [6.45, 7) is 0. The van der Waals surface area contributed by atoms with Crippen LogP contribution in [-0.4, -0.2) is 29.7 Å². The van der Waals surface area contributed by atoms with Crippen LogP contribution in [0.5, 0.6) is 11.5 Å². The van der Waals surface area contributed by atoms with Crippen LogP contribution in [0.1, 0.15) is 12.8 Å². The number of rotatable bonds is 4. The molecule has 5 nitrogen and oxygen atoms in total. The predicted octanol–water partition coefficient (Wildman–Crippen LogP) is 2.90. The van der Waals surface area contributed by atoms with Gasteiger partial charge in [0.15, 0.2) is 11.6 Å². The fraction of sp³-hybridized carbons (Fsp3) is 0.417. The van der Waals surface area contributed by atoms with Gasteiger partial charge >= 0.3 is 12.5 Å². The zero-order valence-electron chi connectivity index (χ0n) is 10.5. The van der Waals surface area contributed by atoms with Crippen LogP contribution in [0.25, 0.3) is 0 Å². The van der Waals surface area contributed by atoms with E-state index in [1.807, 2.05) is 0 Å². The summed E-state index contributed by atoms with van der Waals surface area (Å²) in [6, 6.07) is 2.54. The highest BCUT2D eigenvalue weighted by Crippen LogP contribution is 2.32. The molecule has 0 aromatic heterocycles. The quantitative estimate of drug-likeness (QED) is 0.839. The highest BCUT2D eigenvalue weighted by Gasteiger charge is 2.34. The smallest absolute Gasteiger partial charge is 0.490 e. The molecule has 1 saturated carbocycles. The van der Waals surface area contributed by atoms with Crippen molar-refractivity contribution in [3.05, 3.63) is 24.0 Å². The summed E-state index contributed by atoms with van der Waals surface area (Å²) in [4.78, 5) is 10.4. The first kappa shape index (κ1) is 15.2. The van der Waals surface area contributed by atoms with Crippen molar-refractivity contribution in [1.29, 1.82) is 0 Å². The van der Waals surface area contributed by atoms with Crippen LogP contribution in [0.15, 0.2) is 18.2 Å². The predicted molar refractivity (Wildman–Crippen MR) is 61.7 cm³/mol. The summed E-state index contributed by atoms with van der Waals surface area (Å²) in [5.74, 6) is -2.10. The number of carboxylic acid groups (broad SMARTS) is 1. The van der Waals surface area contributed by atoms with Gasteiger partial charge in [0.25, 0.3) is 0 Å². The van der Waals surface area contributed by atoms with Gasteiger partial charge in [0.2, 0.25) is 0 Å². The second-order valence-corrected chi connectivity index (χ2v) is 4.50.